The molecule has 0 radical (unpaired) electrons. The first-order valence-electron chi connectivity index (χ1n) is 5.97. The van der Waals surface area contributed by atoms with Crippen LogP contribution in [0.25, 0.3) is 11.0 Å². The molecule has 1 N–H and O–H groups in total. The minimum Gasteiger partial charge on any atom is -0.345 e. The first-order valence-corrected chi connectivity index (χ1v) is 6.74. The third kappa shape index (κ3) is 1.83. The summed E-state index contributed by atoms with van der Waals surface area (Å²) in [6, 6.07) is 9.52. The van der Waals surface area contributed by atoms with Crippen LogP contribution >= 0.6 is 11.5 Å². The van der Waals surface area contributed by atoms with Crippen molar-refractivity contribution in [2.45, 2.75) is 0 Å². The lowest BCUT2D eigenvalue weighted by Gasteiger charge is -2.05. The minimum atomic E-state index is -0.376. The van der Waals surface area contributed by atoms with Crippen molar-refractivity contribution >= 4 is 33.3 Å². The molecule has 0 aliphatic rings. The van der Waals surface area contributed by atoms with Gasteiger partial charge in [0, 0.05) is 19.8 Å². The van der Waals surface area contributed by atoms with Gasteiger partial charge in [-0.3, -0.25) is 13.9 Å². The fraction of sp³-hybridized carbons (Fsp3) is 0.154. The van der Waals surface area contributed by atoms with Gasteiger partial charge in [0.1, 0.15) is 10.4 Å². The molecule has 3 rings (SSSR count). The van der Waals surface area contributed by atoms with Gasteiger partial charge in [-0.25, -0.2) is 4.79 Å². The van der Waals surface area contributed by atoms with Gasteiger partial charge in [-0.15, -0.1) is 0 Å². The molecule has 0 bridgehead atoms. The number of aryl methyl sites for hydroxylation is 1. The van der Waals surface area contributed by atoms with E-state index in [1.54, 1.807) is 7.05 Å². The molecule has 0 spiro atoms. The molecule has 0 aliphatic heterocycles. The minimum absolute atomic E-state index is 0.338. The van der Waals surface area contributed by atoms with Crippen molar-refractivity contribution in [3.63, 3.8) is 0 Å². The number of fused-ring (bicyclic) bond motifs is 1. The topological polar surface area (TPSA) is 68.9 Å². The molecule has 7 heteroatoms. The summed E-state index contributed by atoms with van der Waals surface area (Å²) in [5, 5.41) is 4.24. The molecule has 0 saturated heterocycles. The summed E-state index contributed by atoms with van der Waals surface area (Å²) in [6.07, 6.45) is 0. The van der Waals surface area contributed by atoms with E-state index in [9.17, 15) is 9.59 Å². The molecule has 3 aromatic rings. The van der Waals surface area contributed by atoms with Crippen LogP contribution in [0.4, 0.5) is 10.7 Å². The maximum Gasteiger partial charge on any atom is 0.332 e. The van der Waals surface area contributed by atoms with Gasteiger partial charge in [0.25, 0.3) is 5.56 Å². The summed E-state index contributed by atoms with van der Waals surface area (Å²) in [5.74, 6) is 0. The Morgan fingerprint density at radius 3 is 2.50 bits per heavy atom. The van der Waals surface area contributed by atoms with E-state index in [1.165, 1.54) is 23.1 Å². The lowest BCUT2D eigenvalue weighted by molar-refractivity contribution is 0.710. The highest BCUT2D eigenvalue weighted by molar-refractivity contribution is 7.11. The lowest BCUT2D eigenvalue weighted by atomic mass is 10.3. The monoisotopic (exact) mass is 288 g/mol. The summed E-state index contributed by atoms with van der Waals surface area (Å²) in [7, 11) is 3.07. The smallest absolute Gasteiger partial charge is 0.332 e. The van der Waals surface area contributed by atoms with Crippen LogP contribution in [-0.2, 0) is 14.1 Å². The summed E-state index contributed by atoms with van der Waals surface area (Å²) in [6.45, 7) is 0. The number of aromatic nitrogens is 3. The predicted molar refractivity (Wildman–Crippen MR) is 79.8 cm³/mol. The molecule has 20 heavy (non-hydrogen) atoms. The second kappa shape index (κ2) is 4.61. The molecule has 0 fully saturated rings. The van der Waals surface area contributed by atoms with Crippen LogP contribution in [0.5, 0.6) is 0 Å². The fourth-order valence-corrected chi connectivity index (χ4v) is 2.84. The second-order valence-electron chi connectivity index (χ2n) is 4.41. The van der Waals surface area contributed by atoms with E-state index < -0.39 is 0 Å². The number of rotatable bonds is 2. The molecule has 0 amide bonds. The van der Waals surface area contributed by atoms with Crippen molar-refractivity contribution in [3.05, 3.63) is 51.2 Å². The Hall–Kier alpha value is -2.41. The van der Waals surface area contributed by atoms with Crippen LogP contribution in [0.3, 0.4) is 0 Å². The van der Waals surface area contributed by atoms with Crippen molar-refractivity contribution in [1.29, 1.82) is 0 Å². The standard InChI is InChI=1S/C13H12N4O2S/c1-16-10-9(12(18)17(2)13(16)19)11(20-15-10)14-8-6-4-3-5-7-8/h3-7,14H,1-2H3. The number of nitrogens with zero attached hydrogens (tertiary/aromatic N) is 3. The van der Waals surface area contributed by atoms with E-state index in [0.717, 1.165) is 10.3 Å². The Balaban J connectivity index is 2.24. The first-order chi connectivity index (χ1) is 9.59. The molecule has 0 aliphatic carbocycles. The molecule has 0 atom stereocenters. The zero-order valence-corrected chi connectivity index (χ0v) is 11.8. The average molecular weight is 288 g/mol. The van der Waals surface area contributed by atoms with E-state index in [2.05, 4.69) is 9.69 Å². The average Bonchev–Trinajstić information content (AvgIpc) is 2.88. The second-order valence-corrected chi connectivity index (χ2v) is 5.18. The van der Waals surface area contributed by atoms with E-state index in [-0.39, 0.29) is 11.2 Å². The number of benzene rings is 1. The Bertz CT molecular complexity index is 892. The lowest BCUT2D eigenvalue weighted by Crippen LogP contribution is -2.36. The van der Waals surface area contributed by atoms with Crippen molar-refractivity contribution in [3.8, 4) is 0 Å². The van der Waals surface area contributed by atoms with Gasteiger partial charge in [-0.05, 0) is 23.7 Å². The van der Waals surface area contributed by atoms with E-state index in [0.29, 0.717) is 16.0 Å². The summed E-state index contributed by atoms with van der Waals surface area (Å²) in [5.41, 5.74) is 0.560. The highest BCUT2D eigenvalue weighted by atomic mass is 32.1. The van der Waals surface area contributed by atoms with Gasteiger partial charge >= 0.3 is 5.69 Å². The predicted octanol–water partition coefficient (Wildman–Crippen LogP) is 1.44. The normalized spacial score (nSPS) is 10.9. The Kier molecular flexibility index (Phi) is 2.90. The van der Waals surface area contributed by atoms with Crippen molar-refractivity contribution in [1.82, 2.24) is 13.5 Å². The van der Waals surface area contributed by atoms with Crippen molar-refractivity contribution < 1.29 is 0 Å². The molecule has 102 valence electrons. The summed E-state index contributed by atoms with van der Waals surface area (Å²) >= 11 is 1.17. The van der Waals surface area contributed by atoms with Crippen LogP contribution in [-0.4, -0.2) is 13.5 Å². The number of hydrogen-bond acceptors (Lipinski definition) is 5. The maximum atomic E-state index is 12.2. The molecule has 6 nitrogen and oxygen atoms in total. The largest absolute Gasteiger partial charge is 0.345 e. The summed E-state index contributed by atoms with van der Waals surface area (Å²) < 4.78 is 6.67. The van der Waals surface area contributed by atoms with Gasteiger partial charge in [0.2, 0.25) is 0 Å². The van der Waals surface area contributed by atoms with Crippen LogP contribution in [0.2, 0.25) is 0 Å². The van der Waals surface area contributed by atoms with E-state index >= 15 is 0 Å². The SMILES string of the molecule is Cn1c(=O)c2c(Nc3ccccc3)snc2n(C)c1=O. The Morgan fingerprint density at radius 2 is 1.80 bits per heavy atom. The molecular formula is C13H12N4O2S. The van der Waals surface area contributed by atoms with E-state index in [4.69, 9.17) is 0 Å². The summed E-state index contributed by atoms with van der Waals surface area (Å²) in [4.78, 5) is 24.1. The number of para-hydroxylation sites is 1. The van der Waals surface area contributed by atoms with Crippen LogP contribution in [0, 0.1) is 0 Å². The zero-order chi connectivity index (χ0) is 14.3. The highest BCUT2D eigenvalue weighted by Crippen LogP contribution is 2.26. The molecular weight excluding hydrogens is 276 g/mol. The zero-order valence-electron chi connectivity index (χ0n) is 11.0. The quantitative estimate of drug-likeness (QED) is 0.774. The van der Waals surface area contributed by atoms with Gasteiger partial charge in [-0.2, -0.15) is 4.37 Å². The molecule has 0 saturated carbocycles. The van der Waals surface area contributed by atoms with Crippen LogP contribution in [0.1, 0.15) is 0 Å². The third-order valence-electron chi connectivity index (χ3n) is 3.12. The van der Waals surface area contributed by atoms with Gasteiger partial charge in [0.15, 0.2) is 5.65 Å². The number of nitrogens with one attached hydrogen (secondary N) is 1. The van der Waals surface area contributed by atoms with Crippen LogP contribution in [0.15, 0.2) is 39.9 Å². The fourth-order valence-electron chi connectivity index (χ4n) is 2.01. The van der Waals surface area contributed by atoms with Crippen molar-refractivity contribution in [2.24, 2.45) is 14.1 Å². The number of anilines is 2. The van der Waals surface area contributed by atoms with Gasteiger partial charge in [0.05, 0.1) is 0 Å². The van der Waals surface area contributed by atoms with Crippen molar-refractivity contribution in [2.75, 3.05) is 5.32 Å². The molecule has 2 heterocycles. The Morgan fingerprint density at radius 1 is 1.10 bits per heavy atom. The third-order valence-corrected chi connectivity index (χ3v) is 3.87. The maximum absolute atomic E-state index is 12.2. The molecule has 2 aromatic heterocycles. The highest BCUT2D eigenvalue weighted by Gasteiger charge is 2.16. The first kappa shape index (κ1) is 12.6. The molecule has 1 aromatic carbocycles. The van der Waals surface area contributed by atoms with Gasteiger partial charge in [-0.1, -0.05) is 18.2 Å². The molecule has 0 unspecified atom stereocenters. The van der Waals surface area contributed by atoms with Crippen LogP contribution < -0.4 is 16.6 Å². The van der Waals surface area contributed by atoms with E-state index in [1.807, 2.05) is 30.3 Å². The Labute approximate surface area is 118 Å². The van der Waals surface area contributed by atoms with Gasteiger partial charge < -0.3 is 5.32 Å². The number of hydrogen-bond donors (Lipinski definition) is 1.